The molecule has 4 nitrogen and oxygen atoms in total. The predicted molar refractivity (Wildman–Crippen MR) is 80.8 cm³/mol. The normalized spacial score (nSPS) is 13.8. The van der Waals surface area contributed by atoms with E-state index in [1.54, 1.807) is 0 Å². The molecule has 0 unspecified atom stereocenters. The van der Waals surface area contributed by atoms with Gasteiger partial charge in [0.05, 0.1) is 0 Å². The van der Waals surface area contributed by atoms with E-state index in [1.807, 2.05) is 0 Å². The summed E-state index contributed by atoms with van der Waals surface area (Å²) in [7, 11) is -6.60. The van der Waals surface area contributed by atoms with Crippen molar-refractivity contribution in [3.8, 4) is 0 Å². The standard InChI is InChI=1S/C12H30O4P2/c1-4-7-10-17(11-8-5-2,12-9-6-3)16-18(13,14)15/h17H,4-12H2,1-3H3,(H2,13,14,15). The molecule has 0 fully saturated rings. The van der Waals surface area contributed by atoms with E-state index in [0.717, 1.165) is 57.0 Å². The van der Waals surface area contributed by atoms with Crippen molar-refractivity contribution in [2.75, 3.05) is 18.5 Å². The molecule has 0 aliphatic carbocycles. The second-order valence-corrected chi connectivity index (χ2v) is 10.7. The molecule has 6 heteroatoms. The van der Waals surface area contributed by atoms with E-state index in [9.17, 15) is 14.4 Å². The summed E-state index contributed by atoms with van der Waals surface area (Å²) in [5.41, 5.74) is 0. The Balaban J connectivity index is 4.78. The molecule has 112 valence electrons. The Bertz CT molecular complexity index is 231. The molecule has 0 spiro atoms. The Morgan fingerprint density at radius 1 is 0.889 bits per heavy atom. The average molecular weight is 300 g/mol. The van der Waals surface area contributed by atoms with Gasteiger partial charge in [-0.25, -0.2) is 0 Å². The molecule has 0 rings (SSSR count). The van der Waals surface area contributed by atoms with Gasteiger partial charge >= 0.3 is 112 Å². The molecule has 0 aliphatic rings. The van der Waals surface area contributed by atoms with Crippen LogP contribution in [0.3, 0.4) is 0 Å². The van der Waals surface area contributed by atoms with E-state index in [2.05, 4.69) is 20.8 Å². The molecular formula is C12H30O4P2. The number of unbranched alkanes of at least 4 members (excludes halogenated alkanes) is 3. The summed E-state index contributed by atoms with van der Waals surface area (Å²) in [6.45, 7) is 6.32. The van der Waals surface area contributed by atoms with Crippen molar-refractivity contribution in [1.82, 2.24) is 0 Å². The number of hydrogen-bond donors (Lipinski definition) is 2. The van der Waals surface area contributed by atoms with Crippen LogP contribution in [-0.4, -0.2) is 28.3 Å². The summed E-state index contributed by atoms with van der Waals surface area (Å²) in [4.78, 5) is 18.3. The van der Waals surface area contributed by atoms with E-state index in [-0.39, 0.29) is 0 Å². The van der Waals surface area contributed by atoms with Gasteiger partial charge in [0.1, 0.15) is 0 Å². The number of phosphoric acid groups is 1. The first kappa shape index (κ1) is 18.5. The summed E-state index contributed by atoms with van der Waals surface area (Å²) in [5.74, 6) is 0. The topological polar surface area (TPSA) is 66.8 Å². The summed E-state index contributed by atoms with van der Waals surface area (Å²) >= 11 is 0. The molecular weight excluding hydrogens is 270 g/mol. The SMILES string of the molecule is CCCC[PH](CCCC)(CCCC)OP(=O)(O)O. The summed E-state index contributed by atoms with van der Waals surface area (Å²) < 4.78 is 16.6. The second-order valence-electron chi connectivity index (χ2n) is 5.08. The van der Waals surface area contributed by atoms with E-state index < -0.39 is 15.3 Å². The van der Waals surface area contributed by atoms with Crippen LogP contribution in [0, 0.1) is 0 Å². The van der Waals surface area contributed by atoms with Gasteiger partial charge in [-0.15, -0.1) is 0 Å². The predicted octanol–water partition coefficient (Wildman–Crippen LogP) is 4.16. The Kier molecular flexibility index (Phi) is 9.73. The first-order valence-electron chi connectivity index (χ1n) is 7.15. The molecule has 0 amide bonds. The molecule has 0 aromatic rings. The van der Waals surface area contributed by atoms with Gasteiger partial charge < -0.3 is 0 Å². The van der Waals surface area contributed by atoms with Crippen LogP contribution in [0.2, 0.25) is 0 Å². The van der Waals surface area contributed by atoms with Crippen molar-refractivity contribution in [3.63, 3.8) is 0 Å². The second kappa shape index (κ2) is 9.44. The van der Waals surface area contributed by atoms with E-state index in [4.69, 9.17) is 4.31 Å². The molecule has 2 N–H and O–H groups in total. The van der Waals surface area contributed by atoms with Gasteiger partial charge in [-0.2, -0.15) is 0 Å². The molecule has 0 saturated heterocycles. The van der Waals surface area contributed by atoms with Crippen LogP contribution in [0.1, 0.15) is 59.3 Å². The van der Waals surface area contributed by atoms with Gasteiger partial charge in [0.25, 0.3) is 0 Å². The van der Waals surface area contributed by atoms with Crippen molar-refractivity contribution < 1.29 is 18.7 Å². The van der Waals surface area contributed by atoms with Crippen LogP contribution >= 0.6 is 15.3 Å². The third-order valence-electron chi connectivity index (χ3n) is 3.27. The zero-order valence-electron chi connectivity index (χ0n) is 12.0. The Labute approximate surface area is 112 Å². The van der Waals surface area contributed by atoms with Crippen LogP contribution < -0.4 is 0 Å². The monoisotopic (exact) mass is 300 g/mol. The molecule has 0 bridgehead atoms. The van der Waals surface area contributed by atoms with Crippen LogP contribution in [0.15, 0.2) is 0 Å². The van der Waals surface area contributed by atoms with Gasteiger partial charge in [0.15, 0.2) is 0 Å². The van der Waals surface area contributed by atoms with Gasteiger partial charge in [-0.1, -0.05) is 0 Å². The van der Waals surface area contributed by atoms with E-state index >= 15 is 0 Å². The minimum atomic E-state index is -4.35. The Morgan fingerprint density at radius 3 is 1.44 bits per heavy atom. The number of hydrogen-bond acceptors (Lipinski definition) is 2. The summed E-state index contributed by atoms with van der Waals surface area (Å²) in [6, 6.07) is 0. The van der Waals surface area contributed by atoms with Crippen LogP contribution in [0.4, 0.5) is 0 Å². The van der Waals surface area contributed by atoms with Crippen molar-refractivity contribution >= 4 is 15.3 Å². The molecule has 0 atom stereocenters. The fourth-order valence-electron chi connectivity index (χ4n) is 2.26. The van der Waals surface area contributed by atoms with Crippen LogP contribution in [0.5, 0.6) is 0 Å². The van der Waals surface area contributed by atoms with Gasteiger partial charge in [-0.3, -0.25) is 0 Å². The molecule has 0 aliphatic heterocycles. The van der Waals surface area contributed by atoms with Crippen LogP contribution in [0.25, 0.3) is 0 Å². The first-order valence-corrected chi connectivity index (χ1v) is 11.2. The molecule has 0 radical (unpaired) electrons. The van der Waals surface area contributed by atoms with Crippen LogP contribution in [-0.2, 0) is 8.88 Å². The Morgan fingerprint density at radius 2 is 1.22 bits per heavy atom. The third-order valence-corrected chi connectivity index (χ3v) is 9.57. The fraction of sp³-hybridized carbons (Fsp3) is 1.00. The van der Waals surface area contributed by atoms with Crippen molar-refractivity contribution in [2.45, 2.75) is 59.3 Å². The zero-order chi connectivity index (χ0) is 14.1. The maximum absolute atomic E-state index is 11.2. The van der Waals surface area contributed by atoms with E-state index in [1.165, 1.54) is 0 Å². The minimum absolute atomic E-state index is 0.884. The molecule has 0 heterocycles. The molecule has 0 aromatic carbocycles. The van der Waals surface area contributed by atoms with E-state index in [0.29, 0.717) is 0 Å². The quantitative estimate of drug-likeness (QED) is 0.562. The fourth-order valence-corrected chi connectivity index (χ4v) is 9.12. The van der Waals surface area contributed by atoms with Crippen molar-refractivity contribution in [1.29, 1.82) is 0 Å². The average Bonchev–Trinajstić information content (AvgIpc) is 2.29. The van der Waals surface area contributed by atoms with Crippen molar-refractivity contribution in [2.24, 2.45) is 0 Å². The molecule has 0 aromatic heterocycles. The number of rotatable bonds is 11. The summed E-state index contributed by atoms with van der Waals surface area (Å²) in [6.07, 6.45) is 8.85. The summed E-state index contributed by atoms with van der Waals surface area (Å²) in [5, 5.41) is 0. The van der Waals surface area contributed by atoms with Gasteiger partial charge in [0.2, 0.25) is 0 Å². The third kappa shape index (κ3) is 8.61. The zero-order valence-corrected chi connectivity index (χ0v) is 13.9. The van der Waals surface area contributed by atoms with Gasteiger partial charge in [-0.05, 0) is 0 Å². The maximum atomic E-state index is 11.2. The van der Waals surface area contributed by atoms with Gasteiger partial charge in [0, 0.05) is 0 Å². The van der Waals surface area contributed by atoms with Crippen molar-refractivity contribution in [3.05, 3.63) is 0 Å². The first-order chi connectivity index (χ1) is 8.39. The molecule has 18 heavy (non-hydrogen) atoms. The Hall–Kier alpha value is 0.540. The molecule has 0 saturated carbocycles.